The van der Waals surface area contributed by atoms with E-state index in [0.717, 1.165) is 16.9 Å². The summed E-state index contributed by atoms with van der Waals surface area (Å²) in [7, 11) is 4.00. The van der Waals surface area contributed by atoms with Crippen LogP contribution in [-0.2, 0) is 4.79 Å². The van der Waals surface area contributed by atoms with Gasteiger partial charge in [-0.3, -0.25) is 9.69 Å². The van der Waals surface area contributed by atoms with E-state index < -0.39 is 0 Å². The fourth-order valence-corrected chi connectivity index (χ4v) is 3.88. The summed E-state index contributed by atoms with van der Waals surface area (Å²) in [6, 6.07) is 23.2. The lowest BCUT2D eigenvalue weighted by molar-refractivity contribution is -0.113. The van der Waals surface area contributed by atoms with Gasteiger partial charge < -0.3 is 4.90 Å². The molecule has 1 amide bonds. The molecule has 2 aromatic carbocycles. The maximum absolute atomic E-state index is 13.2. The Balaban J connectivity index is 1.72. The molecule has 0 N–H and O–H groups in total. The smallest absolute Gasteiger partial charge is 0.271 e. The number of carbonyl (C=O) groups is 1. The third kappa shape index (κ3) is 4.22. The summed E-state index contributed by atoms with van der Waals surface area (Å²) in [6.45, 7) is 0. The highest BCUT2D eigenvalue weighted by atomic mass is 32.2. The number of benzene rings is 2. The quantitative estimate of drug-likeness (QED) is 0.581. The molecule has 1 fully saturated rings. The molecule has 3 aromatic rings. The van der Waals surface area contributed by atoms with Crippen molar-refractivity contribution < 1.29 is 4.79 Å². The van der Waals surface area contributed by atoms with Crippen LogP contribution < -0.4 is 9.80 Å². The average Bonchev–Trinajstić information content (AvgIpc) is 3.04. The van der Waals surface area contributed by atoms with E-state index in [0.29, 0.717) is 15.9 Å². The van der Waals surface area contributed by atoms with Gasteiger partial charge in [0.15, 0.2) is 11.0 Å². The minimum atomic E-state index is -0.0902. The first-order valence-electron chi connectivity index (χ1n) is 9.18. The molecule has 1 aromatic heterocycles. The normalized spacial score (nSPS) is 16.6. The van der Waals surface area contributed by atoms with E-state index in [9.17, 15) is 4.79 Å². The van der Waals surface area contributed by atoms with Crippen molar-refractivity contribution in [2.24, 2.45) is 4.99 Å². The Labute approximate surface area is 174 Å². The zero-order chi connectivity index (χ0) is 20.2. The number of nitrogens with zero attached hydrogens (tertiary/aromatic N) is 4. The van der Waals surface area contributed by atoms with Crippen molar-refractivity contribution >= 4 is 46.1 Å². The maximum atomic E-state index is 13.2. The van der Waals surface area contributed by atoms with E-state index in [-0.39, 0.29) is 5.91 Å². The molecule has 1 aliphatic rings. The Hall–Kier alpha value is -3.38. The minimum absolute atomic E-state index is 0.0902. The first-order valence-corrected chi connectivity index (χ1v) is 9.99. The Morgan fingerprint density at radius 1 is 0.966 bits per heavy atom. The lowest BCUT2D eigenvalue weighted by Crippen LogP contribution is -2.28. The topological polar surface area (TPSA) is 48.8 Å². The third-order valence-corrected chi connectivity index (χ3v) is 5.36. The van der Waals surface area contributed by atoms with Crippen LogP contribution in [0.2, 0.25) is 0 Å². The van der Waals surface area contributed by atoms with E-state index in [1.165, 1.54) is 11.8 Å². The van der Waals surface area contributed by atoms with Crippen molar-refractivity contribution in [3.8, 4) is 0 Å². The highest BCUT2D eigenvalue weighted by Crippen LogP contribution is 2.37. The summed E-state index contributed by atoms with van der Waals surface area (Å²) < 4.78 is 0. The van der Waals surface area contributed by atoms with Gasteiger partial charge in [-0.1, -0.05) is 36.4 Å². The van der Waals surface area contributed by atoms with Gasteiger partial charge >= 0.3 is 0 Å². The summed E-state index contributed by atoms with van der Waals surface area (Å²) in [5.74, 6) is 0.480. The van der Waals surface area contributed by atoms with Gasteiger partial charge in [-0.25, -0.2) is 9.98 Å². The van der Waals surface area contributed by atoms with Crippen molar-refractivity contribution in [3.63, 3.8) is 0 Å². The number of amides is 1. The van der Waals surface area contributed by atoms with Crippen molar-refractivity contribution in [2.45, 2.75) is 0 Å². The number of aromatic nitrogens is 1. The monoisotopic (exact) mass is 400 g/mol. The molecule has 0 bridgehead atoms. The van der Waals surface area contributed by atoms with Gasteiger partial charge in [0.25, 0.3) is 5.91 Å². The number of para-hydroxylation sites is 1. The van der Waals surface area contributed by atoms with Crippen molar-refractivity contribution in [1.82, 2.24) is 4.98 Å². The molecular formula is C23H20N4OS. The molecule has 29 heavy (non-hydrogen) atoms. The third-order valence-electron chi connectivity index (χ3n) is 4.39. The van der Waals surface area contributed by atoms with Crippen LogP contribution in [0.15, 0.2) is 88.9 Å². The number of anilines is 2. The van der Waals surface area contributed by atoms with Gasteiger partial charge in [-0.2, -0.15) is 0 Å². The number of pyridine rings is 1. The second kappa shape index (κ2) is 8.32. The van der Waals surface area contributed by atoms with Gasteiger partial charge in [0.2, 0.25) is 0 Å². The minimum Gasteiger partial charge on any atom is -0.378 e. The summed E-state index contributed by atoms with van der Waals surface area (Å²) in [5.41, 5.74) is 2.87. The van der Waals surface area contributed by atoms with Crippen LogP contribution in [0.3, 0.4) is 0 Å². The Bertz CT molecular complexity index is 1060. The van der Waals surface area contributed by atoms with Crippen LogP contribution in [0.25, 0.3) is 6.08 Å². The lowest BCUT2D eigenvalue weighted by Gasteiger charge is -2.15. The molecule has 0 spiro atoms. The first kappa shape index (κ1) is 19.0. The molecule has 0 unspecified atom stereocenters. The van der Waals surface area contributed by atoms with Gasteiger partial charge in [0.1, 0.15) is 0 Å². The summed E-state index contributed by atoms with van der Waals surface area (Å²) >= 11 is 1.36. The highest BCUT2D eigenvalue weighted by molar-refractivity contribution is 8.19. The predicted octanol–water partition coefficient (Wildman–Crippen LogP) is 4.96. The number of hydrogen-bond donors (Lipinski definition) is 0. The standard InChI is InChI=1S/C23H20N4OS/c1-26(2)18-13-11-17(12-14-18)16-20-22(28)27(19-8-4-3-5-9-19)23(29-20)25-21-10-6-7-15-24-21/h3-16H,1-2H3/b20-16-,25-23+. The number of aliphatic imine (C=N–C) groups is 1. The van der Waals surface area contributed by atoms with E-state index >= 15 is 0 Å². The second-order valence-corrected chi connectivity index (χ2v) is 7.66. The zero-order valence-corrected chi connectivity index (χ0v) is 17.0. The summed E-state index contributed by atoms with van der Waals surface area (Å²) in [4.78, 5) is 26.4. The van der Waals surface area contributed by atoms with Crippen molar-refractivity contribution in [1.29, 1.82) is 0 Å². The second-order valence-electron chi connectivity index (χ2n) is 6.66. The van der Waals surface area contributed by atoms with E-state index in [1.807, 2.05) is 97.9 Å². The Morgan fingerprint density at radius 3 is 2.34 bits per heavy atom. The SMILES string of the molecule is CN(C)c1ccc(/C=C2\S/C(=N/c3ccccn3)N(c3ccccc3)C2=O)cc1. The van der Waals surface area contributed by atoms with Crippen LogP contribution in [0.1, 0.15) is 5.56 Å². The Kier molecular flexibility index (Phi) is 5.44. The van der Waals surface area contributed by atoms with Crippen molar-refractivity contribution in [2.75, 3.05) is 23.9 Å². The largest absolute Gasteiger partial charge is 0.378 e. The van der Waals surface area contributed by atoms with E-state index in [1.54, 1.807) is 11.1 Å². The van der Waals surface area contributed by atoms with E-state index in [2.05, 4.69) is 9.98 Å². The van der Waals surface area contributed by atoms with Crippen LogP contribution in [0, 0.1) is 0 Å². The number of hydrogen-bond acceptors (Lipinski definition) is 5. The van der Waals surface area contributed by atoms with Gasteiger partial charge in [-0.15, -0.1) is 0 Å². The number of rotatable bonds is 4. The van der Waals surface area contributed by atoms with Crippen molar-refractivity contribution in [3.05, 3.63) is 89.5 Å². The number of amidine groups is 1. The van der Waals surface area contributed by atoms with Crippen LogP contribution in [-0.4, -0.2) is 30.2 Å². The predicted molar refractivity (Wildman–Crippen MR) is 122 cm³/mol. The summed E-state index contributed by atoms with van der Waals surface area (Å²) in [6.07, 6.45) is 3.60. The maximum Gasteiger partial charge on any atom is 0.271 e. The zero-order valence-electron chi connectivity index (χ0n) is 16.2. The molecule has 0 aliphatic carbocycles. The molecule has 5 nitrogen and oxygen atoms in total. The fourth-order valence-electron chi connectivity index (χ4n) is 2.89. The van der Waals surface area contributed by atoms with Crippen LogP contribution in [0.4, 0.5) is 17.2 Å². The Morgan fingerprint density at radius 2 is 1.69 bits per heavy atom. The summed E-state index contributed by atoms with van der Waals surface area (Å²) in [5, 5.41) is 0.594. The number of carbonyl (C=O) groups excluding carboxylic acids is 1. The molecule has 144 valence electrons. The molecule has 4 rings (SSSR count). The van der Waals surface area contributed by atoms with E-state index in [4.69, 9.17) is 0 Å². The number of thioether (sulfide) groups is 1. The molecule has 0 atom stereocenters. The van der Waals surface area contributed by atoms with Gasteiger partial charge in [-0.05, 0) is 59.8 Å². The molecule has 1 aliphatic heterocycles. The lowest BCUT2D eigenvalue weighted by atomic mass is 10.2. The van der Waals surface area contributed by atoms with Crippen LogP contribution in [0.5, 0.6) is 0 Å². The molecule has 0 radical (unpaired) electrons. The first-order chi connectivity index (χ1) is 14.1. The van der Waals surface area contributed by atoms with Gasteiger partial charge in [0.05, 0.1) is 10.6 Å². The molecule has 2 heterocycles. The average molecular weight is 401 g/mol. The molecule has 6 heteroatoms. The molecular weight excluding hydrogens is 380 g/mol. The van der Waals surface area contributed by atoms with Crippen LogP contribution >= 0.6 is 11.8 Å². The fraction of sp³-hybridized carbons (Fsp3) is 0.0870. The molecule has 0 saturated carbocycles. The molecule has 1 saturated heterocycles. The van der Waals surface area contributed by atoms with Gasteiger partial charge in [0, 0.05) is 26.0 Å². The highest BCUT2D eigenvalue weighted by Gasteiger charge is 2.34.